The summed E-state index contributed by atoms with van der Waals surface area (Å²) in [5.41, 5.74) is 1.24. The van der Waals surface area contributed by atoms with Gasteiger partial charge in [0.1, 0.15) is 0 Å². The lowest BCUT2D eigenvalue weighted by Gasteiger charge is -2.02. The molecule has 0 spiro atoms. The first kappa shape index (κ1) is 9.26. The first-order chi connectivity index (χ1) is 5.69. The Hall–Kier alpha value is -0.830. The standard InChI is InChI=1S/C8H11ClN2O/c1-6(2)11-4-7(5-12)8(3-9)10-11/h4-6H,3H2,1-2H3. The second-order valence-electron chi connectivity index (χ2n) is 2.86. The zero-order chi connectivity index (χ0) is 9.14. The molecule has 66 valence electrons. The molecule has 0 aromatic carbocycles. The van der Waals surface area contributed by atoms with Crippen LogP contribution in [0.15, 0.2) is 6.20 Å². The number of carbonyl (C=O) groups is 1. The maximum absolute atomic E-state index is 10.5. The van der Waals surface area contributed by atoms with Crippen LogP contribution in [0, 0.1) is 0 Å². The summed E-state index contributed by atoms with van der Waals surface area (Å²) in [5.74, 6) is 0.286. The smallest absolute Gasteiger partial charge is 0.153 e. The molecule has 0 amide bonds. The Labute approximate surface area is 76.3 Å². The molecule has 0 bridgehead atoms. The molecule has 0 aliphatic rings. The second kappa shape index (κ2) is 3.72. The highest BCUT2D eigenvalue weighted by molar-refractivity contribution is 6.17. The van der Waals surface area contributed by atoms with Gasteiger partial charge >= 0.3 is 0 Å². The molecular weight excluding hydrogens is 176 g/mol. The van der Waals surface area contributed by atoms with Crippen molar-refractivity contribution in [3.63, 3.8) is 0 Å². The van der Waals surface area contributed by atoms with Gasteiger partial charge in [-0.05, 0) is 13.8 Å². The Morgan fingerprint density at radius 1 is 1.75 bits per heavy atom. The summed E-state index contributed by atoms with van der Waals surface area (Å²) in [6, 6.07) is 0.265. The number of halogens is 1. The Balaban J connectivity index is 3.05. The van der Waals surface area contributed by atoms with Crippen LogP contribution in [0.3, 0.4) is 0 Å². The van der Waals surface area contributed by atoms with E-state index in [1.54, 1.807) is 10.9 Å². The third-order valence-corrected chi connectivity index (χ3v) is 1.88. The van der Waals surface area contributed by atoms with E-state index in [1.165, 1.54) is 0 Å². The van der Waals surface area contributed by atoms with Gasteiger partial charge in [0.15, 0.2) is 6.29 Å². The fraction of sp³-hybridized carbons (Fsp3) is 0.500. The van der Waals surface area contributed by atoms with Gasteiger partial charge in [-0.1, -0.05) is 0 Å². The van der Waals surface area contributed by atoms with Crippen LogP contribution in [0.4, 0.5) is 0 Å². The average molecular weight is 187 g/mol. The molecule has 0 radical (unpaired) electrons. The van der Waals surface area contributed by atoms with E-state index < -0.39 is 0 Å². The van der Waals surface area contributed by atoms with E-state index in [-0.39, 0.29) is 11.9 Å². The van der Waals surface area contributed by atoms with Gasteiger partial charge in [-0.15, -0.1) is 11.6 Å². The van der Waals surface area contributed by atoms with Crippen molar-refractivity contribution in [1.29, 1.82) is 0 Å². The molecule has 1 aromatic rings. The van der Waals surface area contributed by atoms with Gasteiger partial charge in [-0.3, -0.25) is 9.48 Å². The highest BCUT2D eigenvalue weighted by Crippen LogP contribution is 2.11. The van der Waals surface area contributed by atoms with E-state index in [4.69, 9.17) is 11.6 Å². The van der Waals surface area contributed by atoms with E-state index >= 15 is 0 Å². The van der Waals surface area contributed by atoms with Crippen LogP contribution in [0.1, 0.15) is 35.9 Å². The number of alkyl halides is 1. The molecule has 1 heterocycles. The van der Waals surface area contributed by atoms with Crippen molar-refractivity contribution in [3.05, 3.63) is 17.5 Å². The van der Waals surface area contributed by atoms with Gasteiger partial charge in [-0.2, -0.15) is 5.10 Å². The molecule has 3 nitrogen and oxygen atoms in total. The molecule has 0 N–H and O–H groups in total. The number of aldehydes is 1. The summed E-state index contributed by atoms with van der Waals surface area (Å²) >= 11 is 5.59. The molecular formula is C8H11ClN2O. The summed E-state index contributed by atoms with van der Waals surface area (Å²) in [4.78, 5) is 10.5. The minimum Gasteiger partial charge on any atom is -0.298 e. The summed E-state index contributed by atoms with van der Waals surface area (Å²) < 4.78 is 1.74. The number of aromatic nitrogens is 2. The number of hydrogen-bond acceptors (Lipinski definition) is 2. The third kappa shape index (κ3) is 1.67. The molecule has 1 rings (SSSR count). The quantitative estimate of drug-likeness (QED) is 0.535. The topological polar surface area (TPSA) is 34.9 Å². The maximum Gasteiger partial charge on any atom is 0.153 e. The van der Waals surface area contributed by atoms with E-state index in [9.17, 15) is 4.79 Å². The molecule has 0 aliphatic heterocycles. The van der Waals surface area contributed by atoms with Gasteiger partial charge in [0.2, 0.25) is 0 Å². The molecule has 0 unspecified atom stereocenters. The van der Waals surface area contributed by atoms with Crippen molar-refractivity contribution >= 4 is 17.9 Å². The Morgan fingerprint density at radius 3 is 2.75 bits per heavy atom. The van der Waals surface area contributed by atoms with Crippen LogP contribution < -0.4 is 0 Å². The molecule has 0 fully saturated rings. The lowest BCUT2D eigenvalue weighted by atomic mass is 10.3. The summed E-state index contributed by atoms with van der Waals surface area (Å²) in [5, 5.41) is 4.15. The van der Waals surface area contributed by atoms with Crippen LogP contribution in [-0.2, 0) is 5.88 Å². The highest BCUT2D eigenvalue weighted by atomic mass is 35.5. The third-order valence-electron chi connectivity index (χ3n) is 1.62. The fourth-order valence-corrected chi connectivity index (χ4v) is 1.12. The van der Waals surface area contributed by atoms with Crippen molar-refractivity contribution in [1.82, 2.24) is 9.78 Å². The molecule has 0 saturated carbocycles. The lowest BCUT2D eigenvalue weighted by molar-refractivity contribution is 0.112. The molecule has 0 aliphatic carbocycles. The van der Waals surface area contributed by atoms with Crippen molar-refractivity contribution in [2.45, 2.75) is 25.8 Å². The molecule has 1 aromatic heterocycles. The van der Waals surface area contributed by atoms with Crippen molar-refractivity contribution in [3.8, 4) is 0 Å². The molecule has 12 heavy (non-hydrogen) atoms. The van der Waals surface area contributed by atoms with Crippen LogP contribution in [-0.4, -0.2) is 16.1 Å². The Kier molecular flexibility index (Phi) is 2.87. The minimum atomic E-state index is 0.265. The van der Waals surface area contributed by atoms with Crippen LogP contribution >= 0.6 is 11.6 Å². The zero-order valence-corrected chi connectivity index (χ0v) is 7.88. The molecule has 0 atom stereocenters. The second-order valence-corrected chi connectivity index (χ2v) is 3.12. The van der Waals surface area contributed by atoms with Gasteiger partial charge in [-0.25, -0.2) is 0 Å². The lowest BCUT2D eigenvalue weighted by Crippen LogP contribution is -2.01. The SMILES string of the molecule is CC(C)n1cc(C=O)c(CCl)n1. The van der Waals surface area contributed by atoms with E-state index in [1.807, 2.05) is 13.8 Å². The van der Waals surface area contributed by atoms with E-state index in [2.05, 4.69) is 5.10 Å². The fourth-order valence-electron chi connectivity index (χ4n) is 0.910. The minimum absolute atomic E-state index is 0.265. The number of rotatable bonds is 3. The predicted octanol–water partition coefficient (Wildman–Crippen LogP) is 2.02. The average Bonchev–Trinajstić information content (AvgIpc) is 2.46. The van der Waals surface area contributed by atoms with Crippen molar-refractivity contribution < 1.29 is 4.79 Å². The van der Waals surface area contributed by atoms with Gasteiger partial charge < -0.3 is 0 Å². The number of nitrogens with zero attached hydrogens (tertiary/aromatic N) is 2. The predicted molar refractivity (Wildman–Crippen MR) is 47.6 cm³/mol. The van der Waals surface area contributed by atoms with Crippen LogP contribution in [0.25, 0.3) is 0 Å². The number of carbonyl (C=O) groups excluding carboxylic acids is 1. The monoisotopic (exact) mass is 186 g/mol. The first-order valence-electron chi connectivity index (χ1n) is 3.78. The maximum atomic E-state index is 10.5. The van der Waals surface area contributed by atoms with E-state index in [0.29, 0.717) is 11.3 Å². The summed E-state index contributed by atoms with van der Waals surface area (Å²) in [7, 11) is 0. The van der Waals surface area contributed by atoms with Gasteiger partial charge in [0, 0.05) is 12.2 Å². The van der Waals surface area contributed by atoms with Crippen molar-refractivity contribution in [2.24, 2.45) is 0 Å². The van der Waals surface area contributed by atoms with Gasteiger partial charge in [0.25, 0.3) is 0 Å². The molecule has 0 saturated heterocycles. The molecule has 4 heteroatoms. The Morgan fingerprint density at radius 2 is 2.42 bits per heavy atom. The highest BCUT2D eigenvalue weighted by Gasteiger charge is 2.08. The largest absolute Gasteiger partial charge is 0.298 e. The Bertz CT molecular complexity index is 281. The van der Waals surface area contributed by atoms with Gasteiger partial charge in [0.05, 0.1) is 17.1 Å². The van der Waals surface area contributed by atoms with E-state index in [0.717, 1.165) is 6.29 Å². The van der Waals surface area contributed by atoms with Crippen molar-refractivity contribution in [2.75, 3.05) is 0 Å². The summed E-state index contributed by atoms with van der Waals surface area (Å²) in [6.45, 7) is 4.00. The van der Waals surface area contributed by atoms with Crippen LogP contribution in [0.2, 0.25) is 0 Å². The van der Waals surface area contributed by atoms with Crippen LogP contribution in [0.5, 0.6) is 0 Å². The summed E-state index contributed by atoms with van der Waals surface area (Å²) in [6.07, 6.45) is 2.50. The normalized spacial score (nSPS) is 10.7. The first-order valence-corrected chi connectivity index (χ1v) is 4.31. The number of hydrogen-bond donors (Lipinski definition) is 0. The zero-order valence-electron chi connectivity index (χ0n) is 7.12.